The first-order valence-corrected chi connectivity index (χ1v) is 11.8. The van der Waals surface area contributed by atoms with Gasteiger partial charge in [-0.2, -0.15) is 5.26 Å². The Kier molecular flexibility index (Phi) is 8.12. The molecule has 1 aliphatic rings. The minimum atomic E-state index is -0.584. The highest BCUT2D eigenvalue weighted by Crippen LogP contribution is 2.29. The Morgan fingerprint density at radius 2 is 1.76 bits per heavy atom. The van der Waals surface area contributed by atoms with Crippen LogP contribution in [0, 0.1) is 24.2 Å². The number of carbonyl (C=O) groups excluding carboxylic acids is 3. The number of nitrogens with one attached hydrogen (secondary N) is 2. The predicted octanol–water partition coefficient (Wildman–Crippen LogP) is 4.38. The van der Waals surface area contributed by atoms with Crippen LogP contribution in [-0.2, 0) is 4.79 Å². The van der Waals surface area contributed by atoms with Gasteiger partial charge >= 0.3 is 6.03 Å². The van der Waals surface area contributed by atoms with Crippen LogP contribution in [0.25, 0.3) is 0 Å². The van der Waals surface area contributed by atoms with Crippen molar-refractivity contribution in [3.63, 3.8) is 0 Å². The van der Waals surface area contributed by atoms with E-state index in [1.807, 2.05) is 42.2 Å². The number of urea groups is 1. The molecule has 0 aromatic heterocycles. The number of aryl methyl sites for hydroxylation is 1. The smallest absolute Gasteiger partial charge is 0.331 e. The summed E-state index contributed by atoms with van der Waals surface area (Å²) in [6.07, 6.45) is 1.74. The van der Waals surface area contributed by atoms with Gasteiger partial charge in [-0.05, 0) is 73.0 Å². The minimum Gasteiger partial charge on any atom is -0.339 e. The number of nitriles is 1. The Morgan fingerprint density at radius 3 is 2.36 bits per heavy atom. The molecule has 172 valence electrons. The van der Waals surface area contributed by atoms with E-state index >= 15 is 0 Å². The highest BCUT2D eigenvalue weighted by Gasteiger charge is 2.25. The molecule has 8 heteroatoms. The SMILES string of the molecule is Cc1ccc(C(=O)N2CCC(c3ccc(C#N)cc3)CC2)cc1SNC(=O)NC(=O)C(C)C. The maximum Gasteiger partial charge on any atom is 0.331 e. The highest BCUT2D eigenvalue weighted by molar-refractivity contribution is 7.98. The third kappa shape index (κ3) is 6.36. The molecule has 0 atom stereocenters. The van der Waals surface area contributed by atoms with Crippen LogP contribution in [0.4, 0.5) is 4.79 Å². The average Bonchev–Trinajstić information content (AvgIpc) is 2.83. The van der Waals surface area contributed by atoms with Gasteiger partial charge in [0.25, 0.3) is 5.91 Å². The summed E-state index contributed by atoms with van der Waals surface area (Å²) in [6.45, 7) is 6.65. The van der Waals surface area contributed by atoms with Gasteiger partial charge in [0.15, 0.2) is 0 Å². The van der Waals surface area contributed by atoms with Crippen molar-refractivity contribution in [3.05, 3.63) is 64.7 Å². The van der Waals surface area contributed by atoms with Gasteiger partial charge < -0.3 is 4.90 Å². The molecular weight excluding hydrogens is 436 g/mol. The number of amides is 4. The number of imide groups is 1. The molecule has 0 spiro atoms. The third-order valence-corrected chi connectivity index (χ3v) is 6.69. The quantitative estimate of drug-likeness (QED) is 0.640. The molecule has 33 heavy (non-hydrogen) atoms. The largest absolute Gasteiger partial charge is 0.339 e. The van der Waals surface area contributed by atoms with E-state index in [1.54, 1.807) is 26.0 Å². The molecule has 0 radical (unpaired) electrons. The molecule has 2 aromatic carbocycles. The zero-order chi connectivity index (χ0) is 24.0. The topological polar surface area (TPSA) is 102 Å². The second-order valence-corrected chi connectivity index (χ2v) is 9.31. The molecule has 0 unspecified atom stereocenters. The monoisotopic (exact) mass is 464 g/mol. The lowest BCUT2D eigenvalue weighted by Gasteiger charge is -2.32. The zero-order valence-electron chi connectivity index (χ0n) is 19.1. The molecule has 1 aliphatic heterocycles. The highest BCUT2D eigenvalue weighted by atomic mass is 32.2. The summed E-state index contributed by atoms with van der Waals surface area (Å²) in [5.41, 5.74) is 3.35. The fourth-order valence-electron chi connectivity index (χ4n) is 3.65. The Labute approximate surface area is 198 Å². The van der Waals surface area contributed by atoms with Gasteiger partial charge in [0.2, 0.25) is 5.91 Å². The van der Waals surface area contributed by atoms with Gasteiger partial charge in [-0.3, -0.25) is 19.6 Å². The molecule has 2 aromatic rings. The van der Waals surface area contributed by atoms with Gasteiger partial charge in [0.05, 0.1) is 11.6 Å². The number of carbonyl (C=O) groups is 3. The van der Waals surface area contributed by atoms with Crippen molar-refractivity contribution < 1.29 is 14.4 Å². The van der Waals surface area contributed by atoms with E-state index in [0.29, 0.717) is 30.1 Å². The molecule has 3 rings (SSSR count). The van der Waals surface area contributed by atoms with Crippen molar-refractivity contribution in [1.29, 1.82) is 5.26 Å². The van der Waals surface area contributed by atoms with Gasteiger partial charge in [-0.15, -0.1) is 0 Å². The lowest BCUT2D eigenvalue weighted by molar-refractivity contribution is -0.122. The Balaban J connectivity index is 1.58. The van der Waals surface area contributed by atoms with E-state index in [4.69, 9.17) is 5.26 Å². The molecule has 1 fully saturated rings. The lowest BCUT2D eigenvalue weighted by Crippen LogP contribution is -2.38. The van der Waals surface area contributed by atoms with E-state index in [9.17, 15) is 14.4 Å². The minimum absolute atomic E-state index is 0.0328. The molecule has 4 amide bonds. The molecular formula is C25H28N4O3S. The first kappa shape index (κ1) is 24.3. The van der Waals surface area contributed by atoms with Crippen LogP contribution in [-0.4, -0.2) is 35.8 Å². The standard InChI is InChI=1S/C25H28N4O3S/c1-16(2)23(30)27-25(32)28-33-22-14-21(7-4-17(22)3)24(31)29-12-10-20(11-13-29)19-8-5-18(15-26)6-9-19/h4-9,14,16,20H,10-13H2,1-3H3,(H2,27,28,30,32). The normalized spacial score (nSPS) is 14.0. The van der Waals surface area contributed by atoms with Crippen LogP contribution in [0.2, 0.25) is 0 Å². The molecule has 2 N–H and O–H groups in total. The maximum atomic E-state index is 13.1. The number of piperidine rings is 1. The van der Waals surface area contributed by atoms with E-state index in [2.05, 4.69) is 16.1 Å². The average molecular weight is 465 g/mol. The van der Waals surface area contributed by atoms with Crippen molar-refractivity contribution in [3.8, 4) is 6.07 Å². The van der Waals surface area contributed by atoms with E-state index < -0.39 is 6.03 Å². The Hall–Kier alpha value is -3.31. The number of hydrogen-bond donors (Lipinski definition) is 2. The van der Waals surface area contributed by atoms with Crippen molar-refractivity contribution in [2.45, 2.75) is 44.4 Å². The van der Waals surface area contributed by atoms with Crippen molar-refractivity contribution in [2.75, 3.05) is 13.1 Å². The van der Waals surface area contributed by atoms with Gasteiger partial charge in [-0.25, -0.2) is 4.79 Å². The summed E-state index contributed by atoms with van der Waals surface area (Å²) in [5, 5.41) is 11.2. The second kappa shape index (κ2) is 11.0. The number of hydrogen-bond acceptors (Lipinski definition) is 5. The number of likely N-dealkylation sites (tertiary alicyclic amines) is 1. The summed E-state index contributed by atoms with van der Waals surface area (Å²) in [5.74, 6) is -0.292. The molecule has 0 saturated carbocycles. The summed E-state index contributed by atoms with van der Waals surface area (Å²) in [6, 6.07) is 14.7. The summed E-state index contributed by atoms with van der Waals surface area (Å²) in [7, 11) is 0. The van der Waals surface area contributed by atoms with Crippen molar-refractivity contribution in [2.24, 2.45) is 5.92 Å². The zero-order valence-corrected chi connectivity index (χ0v) is 19.9. The van der Waals surface area contributed by atoms with Crippen molar-refractivity contribution >= 4 is 29.8 Å². The van der Waals surface area contributed by atoms with E-state index in [-0.39, 0.29) is 17.7 Å². The van der Waals surface area contributed by atoms with Crippen LogP contribution >= 0.6 is 11.9 Å². The number of rotatable bonds is 5. The second-order valence-electron chi connectivity index (χ2n) is 8.46. The van der Waals surface area contributed by atoms with Gasteiger partial charge in [0.1, 0.15) is 0 Å². The van der Waals surface area contributed by atoms with Crippen LogP contribution in [0.15, 0.2) is 47.4 Å². The predicted molar refractivity (Wildman–Crippen MR) is 128 cm³/mol. The lowest BCUT2D eigenvalue weighted by atomic mass is 9.89. The summed E-state index contributed by atoms with van der Waals surface area (Å²) < 4.78 is 2.60. The van der Waals surface area contributed by atoms with Crippen LogP contribution in [0.5, 0.6) is 0 Å². The number of benzene rings is 2. The first-order valence-electron chi connectivity index (χ1n) is 11.0. The Bertz CT molecular complexity index is 1070. The fraction of sp³-hybridized carbons (Fsp3) is 0.360. The van der Waals surface area contributed by atoms with Crippen LogP contribution < -0.4 is 10.0 Å². The van der Waals surface area contributed by atoms with Gasteiger partial charge in [-0.1, -0.05) is 32.0 Å². The van der Waals surface area contributed by atoms with E-state index in [0.717, 1.165) is 35.2 Å². The molecule has 0 bridgehead atoms. The van der Waals surface area contributed by atoms with Crippen LogP contribution in [0.3, 0.4) is 0 Å². The van der Waals surface area contributed by atoms with Crippen LogP contribution in [0.1, 0.15) is 59.7 Å². The molecule has 1 saturated heterocycles. The summed E-state index contributed by atoms with van der Waals surface area (Å²) >= 11 is 1.08. The van der Waals surface area contributed by atoms with E-state index in [1.165, 1.54) is 5.56 Å². The first-order chi connectivity index (χ1) is 15.8. The fourth-order valence-corrected chi connectivity index (χ4v) is 4.32. The summed E-state index contributed by atoms with van der Waals surface area (Å²) in [4.78, 5) is 39.3. The molecule has 1 heterocycles. The maximum absolute atomic E-state index is 13.1. The third-order valence-electron chi connectivity index (χ3n) is 5.74. The Morgan fingerprint density at radius 1 is 1.09 bits per heavy atom. The van der Waals surface area contributed by atoms with Crippen molar-refractivity contribution in [1.82, 2.24) is 14.9 Å². The molecule has 0 aliphatic carbocycles. The number of nitrogens with zero attached hydrogens (tertiary/aromatic N) is 2. The molecule has 7 nitrogen and oxygen atoms in total. The van der Waals surface area contributed by atoms with Gasteiger partial charge in [0, 0.05) is 29.5 Å².